The first-order chi connectivity index (χ1) is 12.4. The number of hydrogen-bond acceptors (Lipinski definition) is 7. The van der Waals surface area contributed by atoms with Gasteiger partial charge in [-0.1, -0.05) is 0 Å². The van der Waals surface area contributed by atoms with Crippen molar-refractivity contribution in [3.63, 3.8) is 0 Å². The van der Waals surface area contributed by atoms with Gasteiger partial charge in [-0.25, -0.2) is 4.79 Å². The number of rotatable bonds is 11. The number of aliphatic carboxylic acids is 1. The number of amides is 3. The minimum atomic E-state index is -1.12. The zero-order valence-corrected chi connectivity index (χ0v) is 16.3. The Labute approximate surface area is 162 Å². The molecule has 0 aromatic heterocycles. The topological polar surface area (TPSA) is 137 Å². The van der Waals surface area contributed by atoms with Gasteiger partial charge in [-0.3, -0.25) is 14.4 Å². The first-order valence-electron chi connectivity index (χ1n) is 8.32. The van der Waals surface area contributed by atoms with Crippen LogP contribution >= 0.6 is 24.4 Å². The summed E-state index contributed by atoms with van der Waals surface area (Å²) in [5.74, 6) is -1.87. The minimum Gasteiger partial charge on any atom is -0.480 e. The van der Waals surface area contributed by atoms with Gasteiger partial charge in [0.05, 0.1) is 12.6 Å². The lowest BCUT2D eigenvalue weighted by Gasteiger charge is -2.19. The lowest BCUT2D eigenvalue weighted by molar-refractivity contribution is -0.141. The van der Waals surface area contributed by atoms with Crippen LogP contribution in [0.5, 0.6) is 0 Å². The van der Waals surface area contributed by atoms with E-state index in [1.807, 2.05) is 6.26 Å². The van der Waals surface area contributed by atoms with Gasteiger partial charge in [-0.05, 0) is 37.8 Å². The Morgan fingerprint density at radius 3 is 2.54 bits per heavy atom. The van der Waals surface area contributed by atoms with Gasteiger partial charge < -0.3 is 26.4 Å². The van der Waals surface area contributed by atoms with E-state index in [9.17, 15) is 19.2 Å². The molecule has 1 fully saturated rings. The maximum atomic E-state index is 12.1. The molecule has 1 aliphatic heterocycles. The molecular weight excluding hydrogens is 380 g/mol. The van der Waals surface area contributed by atoms with Gasteiger partial charge in [0.15, 0.2) is 0 Å². The maximum absolute atomic E-state index is 12.1. The molecule has 1 rings (SSSR count). The van der Waals surface area contributed by atoms with E-state index in [4.69, 9.17) is 5.11 Å². The molecule has 0 saturated carbocycles. The van der Waals surface area contributed by atoms with Crippen molar-refractivity contribution >= 4 is 48.1 Å². The first kappa shape index (κ1) is 22.6. The summed E-state index contributed by atoms with van der Waals surface area (Å²) in [6.45, 7) is 0.390. The third-order valence-electron chi connectivity index (χ3n) is 3.86. The average molecular weight is 407 g/mol. The van der Waals surface area contributed by atoms with Gasteiger partial charge >= 0.3 is 5.97 Å². The largest absolute Gasteiger partial charge is 0.480 e. The van der Waals surface area contributed by atoms with Crippen molar-refractivity contribution in [2.24, 2.45) is 0 Å². The molecule has 0 aliphatic carbocycles. The molecule has 11 heteroatoms. The SMILES string of the molecule is CSCCC(NC(=O)CNC(=O)C(CS)NC(=O)C1CCCN1)C(=O)O. The van der Waals surface area contributed by atoms with Gasteiger partial charge in [-0.15, -0.1) is 0 Å². The molecule has 3 unspecified atom stereocenters. The van der Waals surface area contributed by atoms with E-state index in [0.29, 0.717) is 18.6 Å². The van der Waals surface area contributed by atoms with Gasteiger partial charge in [-0.2, -0.15) is 24.4 Å². The minimum absolute atomic E-state index is 0.0807. The third kappa shape index (κ3) is 7.83. The molecule has 0 bridgehead atoms. The van der Waals surface area contributed by atoms with Crippen LogP contribution in [0.15, 0.2) is 0 Å². The molecule has 0 aromatic carbocycles. The number of thiol groups is 1. The van der Waals surface area contributed by atoms with Gasteiger partial charge in [0.1, 0.15) is 12.1 Å². The Kier molecular flexibility index (Phi) is 10.4. The molecule has 0 aromatic rings. The fraction of sp³-hybridized carbons (Fsp3) is 0.733. The monoisotopic (exact) mass is 406 g/mol. The van der Waals surface area contributed by atoms with Crippen LogP contribution in [0.3, 0.4) is 0 Å². The van der Waals surface area contributed by atoms with Gasteiger partial charge in [0, 0.05) is 5.75 Å². The van der Waals surface area contributed by atoms with Crippen LogP contribution in [0.1, 0.15) is 19.3 Å². The molecule has 148 valence electrons. The van der Waals surface area contributed by atoms with Crippen molar-refractivity contribution < 1.29 is 24.3 Å². The second-order valence-corrected chi connectivity index (χ2v) is 7.20. The zero-order chi connectivity index (χ0) is 19.5. The highest BCUT2D eigenvalue weighted by Crippen LogP contribution is 2.05. The third-order valence-corrected chi connectivity index (χ3v) is 4.87. The molecule has 1 aliphatic rings. The summed E-state index contributed by atoms with van der Waals surface area (Å²) in [7, 11) is 0. The molecule has 0 spiro atoms. The van der Waals surface area contributed by atoms with E-state index in [1.54, 1.807) is 0 Å². The van der Waals surface area contributed by atoms with E-state index < -0.39 is 29.9 Å². The fourth-order valence-electron chi connectivity index (χ4n) is 2.40. The number of nitrogens with one attached hydrogen (secondary N) is 4. The number of carbonyl (C=O) groups excluding carboxylic acids is 3. The van der Waals surface area contributed by atoms with E-state index in [0.717, 1.165) is 13.0 Å². The highest BCUT2D eigenvalue weighted by atomic mass is 32.2. The average Bonchev–Trinajstić information content (AvgIpc) is 3.15. The second kappa shape index (κ2) is 12.0. The summed E-state index contributed by atoms with van der Waals surface area (Å²) in [5.41, 5.74) is 0. The van der Waals surface area contributed by atoms with E-state index in [-0.39, 0.29) is 24.2 Å². The normalized spacial score (nSPS) is 18.6. The highest BCUT2D eigenvalue weighted by Gasteiger charge is 2.27. The van der Waals surface area contributed by atoms with Crippen LogP contribution in [-0.2, 0) is 19.2 Å². The maximum Gasteiger partial charge on any atom is 0.326 e. The van der Waals surface area contributed by atoms with Gasteiger partial charge in [0.2, 0.25) is 17.7 Å². The smallest absolute Gasteiger partial charge is 0.326 e. The highest BCUT2D eigenvalue weighted by molar-refractivity contribution is 7.98. The predicted molar refractivity (Wildman–Crippen MR) is 102 cm³/mol. The number of thioether (sulfide) groups is 1. The summed E-state index contributed by atoms with van der Waals surface area (Å²) < 4.78 is 0. The second-order valence-electron chi connectivity index (χ2n) is 5.85. The van der Waals surface area contributed by atoms with Crippen molar-refractivity contribution in [2.45, 2.75) is 37.4 Å². The van der Waals surface area contributed by atoms with E-state index in [1.165, 1.54) is 11.8 Å². The lowest BCUT2D eigenvalue weighted by atomic mass is 10.2. The van der Waals surface area contributed by atoms with Crippen LogP contribution in [-0.4, -0.2) is 77.8 Å². The van der Waals surface area contributed by atoms with Crippen LogP contribution < -0.4 is 21.3 Å². The standard InChI is InChI=1S/C15H26N4O5S2/c1-26-6-4-10(15(23)24)18-12(20)7-17-13(21)11(8-25)19-14(22)9-3-2-5-16-9/h9-11,16,25H,2-8H2,1H3,(H,17,21)(H,18,20)(H,19,22)(H,23,24). The van der Waals surface area contributed by atoms with Crippen molar-refractivity contribution in [1.29, 1.82) is 0 Å². The van der Waals surface area contributed by atoms with Crippen molar-refractivity contribution in [3.05, 3.63) is 0 Å². The molecular formula is C15H26N4O5S2. The molecule has 1 heterocycles. The van der Waals surface area contributed by atoms with Crippen LogP contribution in [0.4, 0.5) is 0 Å². The van der Waals surface area contributed by atoms with Crippen molar-refractivity contribution in [3.8, 4) is 0 Å². The summed E-state index contributed by atoms with van der Waals surface area (Å²) in [5, 5.41) is 19.5. The molecule has 26 heavy (non-hydrogen) atoms. The van der Waals surface area contributed by atoms with Crippen LogP contribution in [0.25, 0.3) is 0 Å². The van der Waals surface area contributed by atoms with Gasteiger partial charge in [0.25, 0.3) is 0 Å². The van der Waals surface area contributed by atoms with E-state index in [2.05, 4.69) is 33.9 Å². The number of hydrogen-bond donors (Lipinski definition) is 6. The fourth-order valence-corrected chi connectivity index (χ4v) is 3.13. The molecule has 5 N–H and O–H groups in total. The van der Waals surface area contributed by atoms with Crippen LogP contribution in [0, 0.1) is 0 Å². The summed E-state index contributed by atoms with van der Waals surface area (Å²) >= 11 is 5.54. The molecule has 3 amide bonds. The Hall–Kier alpha value is -1.46. The Morgan fingerprint density at radius 1 is 1.27 bits per heavy atom. The summed E-state index contributed by atoms with van der Waals surface area (Å²) in [4.78, 5) is 47.1. The Morgan fingerprint density at radius 2 is 2.00 bits per heavy atom. The zero-order valence-electron chi connectivity index (χ0n) is 14.6. The molecule has 9 nitrogen and oxygen atoms in total. The van der Waals surface area contributed by atoms with Crippen molar-refractivity contribution in [1.82, 2.24) is 21.3 Å². The Balaban J connectivity index is 2.42. The number of carbonyl (C=O) groups is 4. The molecule has 0 radical (unpaired) electrons. The van der Waals surface area contributed by atoms with E-state index >= 15 is 0 Å². The number of carboxylic acid groups (broad SMARTS) is 1. The lowest BCUT2D eigenvalue weighted by Crippen LogP contribution is -2.54. The Bertz CT molecular complexity index is 514. The van der Waals surface area contributed by atoms with Crippen LogP contribution in [0.2, 0.25) is 0 Å². The first-order valence-corrected chi connectivity index (χ1v) is 10.3. The summed E-state index contributed by atoms with van der Waals surface area (Å²) in [6.07, 6.45) is 3.74. The molecule has 3 atom stereocenters. The predicted octanol–water partition coefficient (Wildman–Crippen LogP) is -1.41. The quantitative estimate of drug-likeness (QED) is 0.232. The molecule has 1 saturated heterocycles. The number of carboxylic acids is 1. The summed E-state index contributed by atoms with van der Waals surface area (Å²) in [6, 6.07) is -2.19. The van der Waals surface area contributed by atoms with Crippen molar-refractivity contribution in [2.75, 3.05) is 30.9 Å².